The number of nitrogens with one attached hydrogen (secondary N) is 1. The summed E-state index contributed by atoms with van der Waals surface area (Å²) >= 11 is 0. The van der Waals surface area contributed by atoms with E-state index in [1.165, 1.54) is 42.3 Å². The van der Waals surface area contributed by atoms with Gasteiger partial charge in [0, 0.05) is 12.1 Å². The van der Waals surface area contributed by atoms with Crippen molar-refractivity contribution in [3.63, 3.8) is 0 Å². The summed E-state index contributed by atoms with van der Waals surface area (Å²) in [5, 5.41) is 17.0. The van der Waals surface area contributed by atoms with E-state index in [1.807, 2.05) is 0 Å². The number of nitrogens with zero attached hydrogens (tertiary/aromatic N) is 3. The first-order valence-corrected chi connectivity index (χ1v) is 6.64. The van der Waals surface area contributed by atoms with Gasteiger partial charge in [0.1, 0.15) is 12.4 Å². The highest BCUT2D eigenvalue weighted by atomic mass is 16.6. The molecule has 0 unspecified atom stereocenters. The van der Waals surface area contributed by atoms with Crippen LogP contribution in [0.25, 0.3) is 0 Å². The van der Waals surface area contributed by atoms with Crippen molar-refractivity contribution in [1.82, 2.24) is 15.1 Å². The third-order valence-electron chi connectivity index (χ3n) is 3.03. The topological polar surface area (TPSA) is 116 Å². The molecular weight excluding hydrogens is 304 g/mol. The number of carbonyl (C=O) groups excluding carboxylic acids is 2. The van der Waals surface area contributed by atoms with Crippen molar-refractivity contribution < 1.29 is 19.2 Å². The third kappa shape index (κ3) is 4.13. The summed E-state index contributed by atoms with van der Waals surface area (Å²) in [6.07, 6.45) is 2.44. The van der Waals surface area contributed by atoms with Crippen molar-refractivity contribution in [1.29, 1.82) is 0 Å². The van der Waals surface area contributed by atoms with E-state index >= 15 is 0 Å². The number of nitro groups is 1. The second-order valence-corrected chi connectivity index (χ2v) is 4.54. The minimum absolute atomic E-state index is 0.102. The van der Waals surface area contributed by atoms with Gasteiger partial charge in [0.25, 0.3) is 5.91 Å². The molecule has 1 aromatic heterocycles. The van der Waals surface area contributed by atoms with Gasteiger partial charge in [0.05, 0.1) is 24.1 Å². The van der Waals surface area contributed by atoms with Gasteiger partial charge >= 0.3 is 11.7 Å². The average Bonchev–Trinajstić information content (AvgIpc) is 3.03. The van der Waals surface area contributed by atoms with Crippen LogP contribution in [-0.4, -0.2) is 40.2 Å². The molecule has 0 spiro atoms. The summed E-state index contributed by atoms with van der Waals surface area (Å²) in [5.41, 5.74) is 0.645. The maximum atomic E-state index is 11.9. The van der Waals surface area contributed by atoms with Crippen molar-refractivity contribution >= 4 is 17.6 Å². The third-order valence-corrected chi connectivity index (χ3v) is 3.03. The second-order valence-electron chi connectivity index (χ2n) is 4.54. The van der Waals surface area contributed by atoms with E-state index in [0.29, 0.717) is 17.7 Å². The van der Waals surface area contributed by atoms with E-state index in [2.05, 4.69) is 15.2 Å². The minimum Gasteiger partial charge on any atom is -0.465 e. The number of methoxy groups -OCH3 is 1. The lowest BCUT2D eigenvalue weighted by molar-refractivity contribution is -0.385. The van der Waals surface area contributed by atoms with Gasteiger partial charge in [-0.2, -0.15) is 5.10 Å². The number of esters is 1. The average molecular weight is 318 g/mol. The number of ether oxygens (including phenoxy) is 1. The van der Waals surface area contributed by atoms with Gasteiger partial charge in [-0.15, -0.1) is 0 Å². The van der Waals surface area contributed by atoms with Gasteiger partial charge in [-0.1, -0.05) is 0 Å². The van der Waals surface area contributed by atoms with Gasteiger partial charge in [-0.05, 0) is 24.3 Å². The Hall–Kier alpha value is -3.23. The van der Waals surface area contributed by atoms with Crippen LogP contribution in [0.5, 0.6) is 0 Å². The Balaban J connectivity index is 1.86. The lowest BCUT2D eigenvalue weighted by Crippen LogP contribution is -2.27. The summed E-state index contributed by atoms with van der Waals surface area (Å²) in [6, 6.07) is 6.02. The highest BCUT2D eigenvalue weighted by Crippen LogP contribution is 2.08. The molecule has 0 aliphatic heterocycles. The highest BCUT2D eigenvalue weighted by Gasteiger charge is 2.10. The van der Waals surface area contributed by atoms with Gasteiger partial charge in [0.15, 0.2) is 0 Å². The van der Waals surface area contributed by atoms with E-state index in [1.54, 1.807) is 0 Å². The molecule has 1 heterocycles. The summed E-state index contributed by atoms with van der Waals surface area (Å²) in [4.78, 5) is 33.2. The number of carbonyl (C=O) groups is 2. The Kier molecular flexibility index (Phi) is 5.03. The standard InChI is InChI=1S/C14H14N4O5/c1-23-14(20)11-4-2-10(3-5-11)13(19)15-6-7-17-9-12(8-16-17)18(21)22/h2-5,8-9H,6-7H2,1H3,(H,15,19). The number of benzene rings is 1. The van der Waals surface area contributed by atoms with Crippen LogP contribution in [0, 0.1) is 10.1 Å². The van der Waals surface area contributed by atoms with E-state index in [9.17, 15) is 19.7 Å². The minimum atomic E-state index is -0.537. The summed E-state index contributed by atoms with van der Waals surface area (Å²) in [7, 11) is 1.28. The van der Waals surface area contributed by atoms with Crippen molar-refractivity contribution in [2.45, 2.75) is 6.54 Å². The van der Waals surface area contributed by atoms with Crippen LogP contribution < -0.4 is 5.32 Å². The zero-order valence-corrected chi connectivity index (χ0v) is 12.3. The molecule has 0 atom stereocenters. The molecular formula is C14H14N4O5. The zero-order chi connectivity index (χ0) is 16.8. The fourth-order valence-corrected chi connectivity index (χ4v) is 1.83. The molecule has 0 saturated heterocycles. The molecule has 0 aliphatic carbocycles. The predicted molar refractivity (Wildman–Crippen MR) is 79.0 cm³/mol. The fraction of sp³-hybridized carbons (Fsp3) is 0.214. The lowest BCUT2D eigenvalue weighted by atomic mass is 10.1. The largest absolute Gasteiger partial charge is 0.465 e. The van der Waals surface area contributed by atoms with Gasteiger partial charge in [0.2, 0.25) is 0 Å². The van der Waals surface area contributed by atoms with Crippen molar-refractivity contribution in [3.8, 4) is 0 Å². The smallest absolute Gasteiger partial charge is 0.337 e. The molecule has 0 bridgehead atoms. The van der Waals surface area contributed by atoms with E-state index in [4.69, 9.17) is 0 Å². The molecule has 0 saturated carbocycles. The Morgan fingerprint density at radius 3 is 2.52 bits per heavy atom. The van der Waals surface area contributed by atoms with Crippen molar-refractivity contribution in [3.05, 3.63) is 57.9 Å². The molecule has 120 valence electrons. The van der Waals surface area contributed by atoms with Crippen molar-refractivity contribution in [2.75, 3.05) is 13.7 Å². The Morgan fingerprint density at radius 2 is 1.96 bits per heavy atom. The van der Waals surface area contributed by atoms with Crippen LogP contribution in [0.1, 0.15) is 20.7 Å². The number of rotatable bonds is 6. The molecule has 2 rings (SSSR count). The fourth-order valence-electron chi connectivity index (χ4n) is 1.83. The van der Waals surface area contributed by atoms with Crippen LogP contribution >= 0.6 is 0 Å². The van der Waals surface area contributed by atoms with E-state index < -0.39 is 10.9 Å². The van der Waals surface area contributed by atoms with Crippen LogP contribution in [0.15, 0.2) is 36.7 Å². The lowest BCUT2D eigenvalue weighted by Gasteiger charge is -2.06. The monoisotopic (exact) mass is 318 g/mol. The molecule has 1 N–H and O–H groups in total. The quantitative estimate of drug-likeness (QED) is 0.482. The highest BCUT2D eigenvalue weighted by molar-refractivity contribution is 5.96. The molecule has 23 heavy (non-hydrogen) atoms. The first-order valence-electron chi connectivity index (χ1n) is 6.64. The van der Waals surface area contributed by atoms with E-state index in [0.717, 1.165) is 6.20 Å². The molecule has 2 aromatic rings. The van der Waals surface area contributed by atoms with Crippen LogP contribution in [0.3, 0.4) is 0 Å². The summed E-state index contributed by atoms with van der Waals surface area (Å²) in [5.74, 6) is -0.791. The maximum Gasteiger partial charge on any atom is 0.337 e. The Morgan fingerprint density at radius 1 is 1.30 bits per heavy atom. The summed E-state index contributed by atoms with van der Waals surface area (Å²) in [6.45, 7) is 0.566. The number of amides is 1. The molecule has 1 amide bonds. The SMILES string of the molecule is COC(=O)c1ccc(C(=O)NCCn2cc([N+](=O)[O-])cn2)cc1. The molecule has 0 fully saturated rings. The Labute approximate surface area is 131 Å². The molecule has 0 aliphatic rings. The maximum absolute atomic E-state index is 11.9. The van der Waals surface area contributed by atoms with E-state index in [-0.39, 0.29) is 18.1 Å². The Bertz CT molecular complexity index is 723. The zero-order valence-electron chi connectivity index (χ0n) is 12.3. The number of hydrogen-bond donors (Lipinski definition) is 1. The second kappa shape index (κ2) is 7.16. The first kappa shape index (κ1) is 16.1. The van der Waals surface area contributed by atoms with Crippen LogP contribution in [0.4, 0.5) is 5.69 Å². The first-order chi connectivity index (χ1) is 11.0. The normalized spacial score (nSPS) is 10.1. The van der Waals surface area contributed by atoms with Crippen LogP contribution in [-0.2, 0) is 11.3 Å². The summed E-state index contributed by atoms with van der Waals surface area (Å²) < 4.78 is 5.95. The van der Waals surface area contributed by atoms with Gasteiger partial charge in [-0.25, -0.2) is 4.79 Å². The number of hydrogen-bond acceptors (Lipinski definition) is 6. The van der Waals surface area contributed by atoms with Gasteiger partial charge < -0.3 is 10.1 Å². The van der Waals surface area contributed by atoms with Crippen molar-refractivity contribution in [2.24, 2.45) is 0 Å². The molecule has 9 heteroatoms. The molecule has 9 nitrogen and oxygen atoms in total. The number of aromatic nitrogens is 2. The predicted octanol–water partition coefficient (Wildman–Crippen LogP) is 1.01. The van der Waals surface area contributed by atoms with Crippen LogP contribution in [0.2, 0.25) is 0 Å². The molecule has 0 radical (unpaired) electrons. The molecule has 1 aromatic carbocycles. The van der Waals surface area contributed by atoms with Gasteiger partial charge in [-0.3, -0.25) is 19.6 Å².